The Hall–Kier alpha value is -1.64. The number of benzene rings is 1. The number of carboxylic acid groups (broad SMARTS) is 1. The van der Waals surface area contributed by atoms with Crippen molar-refractivity contribution in [2.24, 2.45) is 0 Å². The lowest BCUT2D eigenvalue weighted by molar-refractivity contribution is -0.144. The molecule has 1 aliphatic heterocycles. The Morgan fingerprint density at radius 3 is 2.62 bits per heavy atom. The number of likely N-dealkylation sites (tertiary alicyclic amines) is 1. The van der Waals surface area contributed by atoms with E-state index >= 15 is 0 Å². The summed E-state index contributed by atoms with van der Waals surface area (Å²) in [4.78, 5) is 13.6. The van der Waals surface area contributed by atoms with Crippen LogP contribution >= 0.6 is 0 Å². The Balaban J connectivity index is 2.03. The molecule has 8 heteroatoms. The average molecular weight is 384 g/mol. The fourth-order valence-corrected chi connectivity index (χ4v) is 4.18. The summed E-state index contributed by atoms with van der Waals surface area (Å²) in [6.07, 6.45) is 3.80. The highest BCUT2D eigenvalue weighted by Gasteiger charge is 2.32. The first kappa shape index (κ1) is 20.7. The van der Waals surface area contributed by atoms with Gasteiger partial charge in [0, 0.05) is 12.6 Å². The summed E-state index contributed by atoms with van der Waals surface area (Å²) in [5.74, 6) is -0.402. The zero-order valence-electron chi connectivity index (χ0n) is 15.3. The van der Waals surface area contributed by atoms with Crippen LogP contribution in [0.3, 0.4) is 0 Å². The molecular formula is C18H28N2O5S. The summed E-state index contributed by atoms with van der Waals surface area (Å²) >= 11 is 0. The number of carboxylic acids is 1. The first-order valence-electron chi connectivity index (χ1n) is 9.06. The van der Waals surface area contributed by atoms with Crippen molar-refractivity contribution in [2.75, 3.05) is 19.7 Å². The third-order valence-corrected chi connectivity index (χ3v) is 6.05. The maximum atomic E-state index is 12.5. The molecule has 0 aromatic heterocycles. The highest BCUT2D eigenvalue weighted by atomic mass is 32.2. The molecule has 0 saturated carbocycles. The van der Waals surface area contributed by atoms with Crippen molar-refractivity contribution in [1.82, 2.24) is 9.62 Å². The third-order valence-electron chi connectivity index (χ3n) is 4.61. The summed E-state index contributed by atoms with van der Waals surface area (Å²) in [6.45, 7) is 5.06. The minimum atomic E-state index is -3.78. The normalized spacial score (nSPS) is 19.8. The van der Waals surface area contributed by atoms with Crippen molar-refractivity contribution >= 4 is 16.0 Å². The van der Waals surface area contributed by atoms with E-state index in [4.69, 9.17) is 4.74 Å². The number of rotatable bonds is 9. The van der Waals surface area contributed by atoms with E-state index in [-0.39, 0.29) is 17.5 Å². The molecule has 2 rings (SSSR count). The SMILES string of the molecule is CCCOc1ccc(S(=O)(=O)NCC(C(=O)O)N2CCCCC2C)cc1. The second-order valence-corrected chi connectivity index (χ2v) is 8.38. The van der Waals surface area contributed by atoms with Crippen molar-refractivity contribution in [3.63, 3.8) is 0 Å². The molecule has 0 bridgehead atoms. The summed E-state index contributed by atoms with van der Waals surface area (Å²) < 4.78 is 32.9. The van der Waals surface area contributed by atoms with Gasteiger partial charge in [-0.2, -0.15) is 0 Å². The molecule has 0 aliphatic carbocycles. The highest BCUT2D eigenvalue weighted by molar-refractivity contribution is 7.89. The minimum Gasteiger partial charge on any atom is -0.494 e. The molecule has 2 unspecified atom stereocenters. The van der Waals surface area contributed by atoms with E-state index < -0.39 is 22.0 Å². The molecule has 0 amide bonds. The van der Waals surface area contributed by atoms with Crippen LogP contribution in [-0.4, -0.2) is 56.2 Å². The van der Waals surface area contributed by atoms with Crippen LogP contribution in [0, 0.1) is 0 Å². The number of ether oxygens (including phenoxy) is 1. The van der Waals surface area contributed by atoms with Crippen LogP contribution in [0.25, 0.3) is 0 Å². The number of nitrogens with one attached hydrogen (secondary N) is 1. The highest BCUT2D eigenvalue weighted by Crippen LogP contribution is 2.20. The number of piperidine rings is 1. The molecule has 1 aromatic carbocycles. The quantitative estimate of drug-likeness (QED) is 0.677. The monoisotopic (exact) mass is 384 g/mol. The van der Waals surface area contributed by atoms with E-state index in [1.807, 2.05) is 18.7 Å². The molecule has 1 aromatic rings. The van der Waals surface area contributed by atoms with E-state index in [9.17, 15) is 18.3 Å². The number of hydrogen-bond acceptors (Lipinski definition) is 5. The van der Waals surface area contributed by atoms with Gasteiger partial charge in [-0.1, -0.05) is 13.3 Å². The fourth-order valence-electron chi connectivity index (χ4n) is 3.14. The van der Waals surface area contributed by atoms with Gasteiger partial charge in [-0.05, 0) is 57.0 Å². The van der Waals surface area contributed by atoms with Crippen LogP contribution < -0.4 is 9.46 Å². The standard InChI is InChI=1S/C18H28N2O5S/c1-3-12-25-15-7-9-16(10-8-15)26(23,24)19-13-17(18(21)22)20-11-5-4-6-14(20)2/h7-10,14,17,19H,3-6,11-13H2,1-2H3,(H,21,22). The lowest BCUT2D eigenvalue weighted by Crippen LogP contribution is -2.53. The average Bonchev–Trinajstić information content (AvgIpc) is 2.61. The van der Waals surface area contributed by atoms with Gasteiger partial charge in [-0.25, -0.2) is 13.1 Å². The van der Waals surface area contributed by atoms with Gasteiger partial charge >= 0.3 is 5.97 Å². The Bertz CT molecular complexity index is 690. The molecule has 1 aliphatic rings. The molecule has 26 heavy (non-hydrogen) atoms. The molecule has 1 fully saturated rings. The topological polar surface area (TPSA) is 95.9 Å². The van der Waals surface area contributed by atoms with Crippen molar-refractivity contribution in [1.29, 1.82) is 0 Å². The van der Waals surface area contributed by atoms with Gasteiger partial charge in [-0.15, -0.1) is 0 Å². The lowest BCUT2D eigenvalue weighted by Gasteiger charge is -2.37. The van der Waals surface area contributed by atoms with Gasteiger partial charge in [-0.3, -0.25) is 9.69 Å². The first-order chi connectivity index (χ1) is 12.3. The van der Waals surface area contributed by atoms with Crippen LogP contribution in [0.1, 0.15) is 39.5 Å². The van der Waals surface area contributed by atoms with Crippen LogP contribution in [0.5, 0.6) is 5.75 Å². The Morgan fingerprint density at radius 1 is 1.35 bits per heavy atom. The predicted molar refractivity (Wildman–Crippen MR) is 98.9 cm³/mol. The van der Waals surface area contributed by atoms with E-state index in [0.29, 0.717) is 18.9 Å². The second-order valence-electron chi connectivity index (χ2n) is 6.61. The predicted octanol–water partition coefficient (Wildman–Crippen LogP) is 2.08. The second kappa shape index (κ2) is 9.34. The largest absolute Gasteiger partial charge is 0.494 e. The Morgan fingerprint density at radius 2 is 2.04 bits per heavy atom. The van der Waals surface area contributed by atoms with Crippen molar-refractivity contribution < 1.29 is 23.1 Å². The zero-order chi connectivity index (χ0) is 19.2. The van der Waals surface area contributed by atoms with Crippen LogP contribution in [0.4, 0.5) is 0 Å². The van der Waals surface area contributed by atoms with Crippen molar-refractivity contribution in [2.45, 2.75) is 56.5 Å². The van der Waals surface area contributed by atoms with Crippen molar-refractivity contribution in [3.8, 4) is 5.75 Å². The van der Waals surface area contributed by atoms with Gasteiger partial charge in [0.2, 0.25) is 10.0 Å². The zero-order valence-corrected chi connectivity index (χ0v) is 16.2. The van der Waals surface area contributed by atoms with E-state index in [2.05, 4.69) is 4.72 Å². The maximum absolute atomic E-state index is 12.5. The van der Waals surface area contributed by atoms with Crippen molar-refractivity contribution in [3.05, 3.63) is 24.3 Å². The summed E-state index contributed by atoms with van der Waals surface area (Å²) in [5, 5.41) is 9.54. The van der Waals surface area contributed by atoms with Gasteiger partial charge in [0.05, 0.1) is 11.5 Å². The molecule has 146 valence electrons. The third kappa shape index (κ3) is 5.43. The van der Waals surface area contributed by atoms with Crippen LogP contribution in [0.2, 0.25) is 0 Å². The first-order valence-corrected chi connectivity index (χ1v) is 10.5. The number of carbonyl (C=O) groups is 1. The molecule has 1 saturated heterocycles. The number of aliphatic carboxylic acids is 1. The minimum absolute atomic E-state index is 0.0946. The summed E-state index contributed by atoms with van der Waals surface area (Å²) in [6, 6.07) is 5.40. The molecule has 7 nitrogen and oxygen atoms in total. The molecule has 1 heterocycles. The number of hydrogen-bond donors (Lipinski definition) is 2. The van der Waals surface area contributed by atoms with Crippen LogP contribution in [-0.2, 0) is 14.8 Å². The molecule has 2 N–H and O–H groups in total. The maximum Gasteiger partial charge on any atom is 0.322 e. The van der Waals surface area contributed by atoms with E-state index in [1.54, 1.807) is 12.1 Å². The molecular weight excluding hydrogens is 356 g/mol. The fraction of sp³-hybridized carbons (Fsp3) is 0.611. The van der Waals surface area contributed by atoms with Gasteiger partial charge in [0.15, 0.2) is 0 Å². The smallest absolute Gasteiger partial charge is 0.322 e. The number of sulfonamides is 1. The van der Waals surface area contributed by atoms with Gasteiger partial charge < -0.3 is 9.84 Å². The lowest BCUT2D eigenvalue weighted by atomic mass is 10.0. The summed E-state index contributed by atoms with van der Waals surface area (Å²) in [5.41, 5.74) is 0. The van der Waals surface area contributed by atoms with Gasteiger partial charge in [0.25, 0.3) is 0 Å². The molecule has 0 spiro atoms. The Labute approximate surface area is 155 Å². The van der Waals surface area contributed by atoms with E-state index in [1.165, 1.54) is 12.1 Å². The molecule has 0 radical (unpaired) electrons. The summed E-state index contributed by atoms with van der Waals surface area (Å²) in [7, 11) is -3.78. The van der Waals surface area contributed by atoms with Crippen LogP contribution in [0.15, 0.2) is 29.2 Å². The van der Waals surface area contributed by atoms with E-state index in [0.717, 1.165) is 25.7 Å². The number of nitrogens with zero attached hydrogens (tertiary/aromatic N) is 1. The van der Waals surface area contributed by atoms with Gasteiger partial charge in [0.1, 0.15) is 11.8 Å². The Kier molecular flexibility index (Phi) is 7.43. The molecule has 2 atom stereocenters.